The fourth-order valence-electron chi connectivity index (χ4n) is 3.76. The van der Waals surface area contributed by atoms with E-state index >= 15 is 0 Å². The molecule has 2 aliphatic carbocycles. The lowest BCUT2D eigenvalue weighted by Crippen LogP contribution is -2.48. The highest BCUT2D eigenvalue weighted by Gasteiger charge is 2.30. The van der Waals surface area contributed by atoms with Crippen molar-refractivity contribution in [1.29, 1.82) is 0 Å². The van der Waals surface area contributed by atoms with Crippen LogP contribution in [0, 0.1) is 5.92 Å². The number of urea groups is 1. The Morgan fingerprint density at radius 2 is 1.90 bits per heavy atom. The molecular formula is C21H27N5O2S. The minimum atomic E-state index is -0.407. The molecule has 2 unspecified atom stereocenters. The van der Waals surface area contributed by atoms with Gasteiger partial charge in [-0.15, -0.1) is 5.10 Å². The molecule has 29 heavy (non-hydrogen) atoms. The Balaban J connectivity index is 1.32. The highest BCUT2D eigenvalue weighted by Crippen LogP contribution is 2.40. The molecule has 7 nitrogen and oxygen atoms in total. The molecule has 8 heteroatoms. The molecule has 2 aromatic rings. The van der Waals surface area contributed by atoms with E-state index in [9.17, 15) is 9.59 Å². The van der Waals surface area contributed by atoms with E-state index in [0.29, 0.717) is 17.0 Å². The maximum absolute atomic E-state index is 12.2. The third-order valence-electron chi connectivity index (χ3n) is 5.57. The number of carbonyl (C=O) groups is 2. The van der Waals surface area contributed by atoms with Gasteiger partial charge in [0.05, 0.1) is 11.4 Å². The van der Waals surface area contributed by atoms with E-state index in [1.54, 1.807) is 0 Å². The molecule has 2 fully saturated rings. The van der Waals surface area contributed by atoms with E-state index in [1.807, 2.05) is 35.0 Å². The number of nitrogens with one attached hydrogen (secondary N) is 2. The zero-order valence-electron chi connectivity index (χ0n) is 16.6. The van der Waals surface area contributed by atoms with Gasteiger partial charge in [-0.25, -0.2) is 14.5 Å². The molecule has 2 atom stereocenters. The fraction of sp³-hybridized carbons (Fsp3) is 0.524. The first-order valence-electron chi connectivity index (χ1n) is 10.4. The number of amides is 3. The lowest BCUT2D eigenvalue weighted by Gasteiger charge is -2.29. The molecule has 0 aliphatic heterocycles. The molecule has 0 radical (unpaired) electrons. The molecule has 154 valence electrons. The summed E-state index contributed by atoms with van der Waals surface area (Å²) in [6, 6.07) is 9.65. The zero-order valence-corrected chi connectivity index (χ0v) is 17.5. The summed E-state index contributed by atoms with van der Waals surface area (Å²) in [4.78, 5) is 29.0. The minimum Gasteiger partial charge on any atom is -0.335 e. The van der Waals surface area contributed by atoms with Gasteiger partial charge >= 0.3 is 6.03 Å². The van der Waals surface area contributed by atoms with Crippen LogP contribution in [-0.2, 0) is 4.79 Å². The van der Waals surface area contributed by atoms with Crippen LogP contribution in [0.15, 0.2) is 35.5 Å². The summed E-state index contributed by atoms with van der Waals surface area (Å²) in [6.07, 6.45) is 6.67. The molecule has 2 saturated carbocycles. The lowest BCUT2D eigenvalue weighted by molar-refractivity contribution is -0.117. The standard InChI is InChI=1S/C21H27N5O2S/c1-14-7-5-6-10-17(14)22-20(28)23-18(27)13-29-21-24-19(15-11-12-15)26(25-21)16-8-3-2-4-9-16/h2-4,8-9,14-15,17H,5-7,10-13H2,1H3,(H2,22,23,27,28). The second kappa shape index (κ2) is 8.98. The SMILES string of the molecule is CC1CCCCC1NC(=O)NC(=O)CSc1nc(C2CC2)n(-c2ccccc2)n1. The Kier molecular flexibility index (Phi) is 6.18. The van der Waals surface area contributed by atoms with E-state index in [2.05, 4.69) is 27.6 Å². The summed E-state index contributed by atoms with van der Waals surface area (Å²) in [6.45, 7) is 2.15. The second-order valence-electron chi connectivity index (χ2n) is 7.95. The van der Waals surface area contributed by atoms with Crippen LogP contribution in [0.4, 0.5) is 4.79 Å². The predicted molar refractivity (Wildman–Crippen MR) is 112 cm³/mol. The minimum absolute atomic E-state index is 0.108. The zero-order chi connectivity index (χ0) is 20.2. The van der Waals surface area contributed by atoms with Crippen molar-refractivity contribution < 1.29 is 9.59 Å². The van der Waals surface area contributed by atoms with Crippen molar-refractivity contribution in [2.45, 2.75) is 62.6 Å². The van der Waals surface area contributed by atoms with Gasteiger partial charge in [0.25, 0.3) is 0 Å². The second-order valence-corrected chi connectivity index (χ2v) is 8.90. The van der Waals surface area contributed by atoms with Crippen LogP contribution in [0.5, 0.6) is 0 Å². The number of para-hydroxylation sites is 1. The van der Waals surface area contributed by atoms with Crippen LogP contribution < -0.4 is 10.6 Å². The van der Waals surface area contributed by atoms with Crippen LogP contribution in [0.1, 0.15) is 57.2 Å². The molecule has 1 aromatic carbocycles. The molecule has 2 N–H and O–H groups in total. The topological polar surface area (TPSA) is 88.9 Å². The number of benzene rings is 1. The first kappa shape index (κ1) is 19.9. The van der Waals surface area contributed by atoms with Crippen LogP contribution in [0.2, 0.25) is 0 Å². The quantitative estimate of drug-likeness (QED) is 0.706. The summed E-state index contributed by atoms with van der Waals surface area (Å²) < 4.78 is 1.87. The first-order valence-corrected chi connectivity index (χ1v) is 11.3. The van der Waals surface area contributed by atoms with Crippen molar-refractivity contribution in [1.82, 2.24) is 25.4 Å². The van der Waals surface area contributed by atoms with Gasteiger partial charge in [-0.2, -0.15) is 0 Å². The summed E-state index contributed by atoms with van der Waals surface area (Å²) in [5.74, 6) is 1.61. The van der Waals surface area contributed by atoms with Gasteiger partial charge in [0.1, 0.15) is 5.82 Å². The third kappa shape index (κ3) is 5.18. The largest absolute Gasteiger partial charge is 0.335 e. The van der Waals surface area contributed by atoms with Crippen LogP contribution in [0.3, 0.4) is 0 Å². The van der Waals surface area contributed by atoms with Crippen LogP contribution >= 0.6 is 11.8 Å². The number of rotatable bonds is 6. The van der Waals surface area contributed by atoms with Gasteiger partial charge in [-0.05, 0) is 43.7 Å². The smallest absolute Gasteiger partial charge is 0.321 e. The fourth-order valence-corrected chi connectivity index (χ4v) is 4.39. The molecule has 3 amide bonds. The van der Waals surface area contributed by atoms with Crippen molar-refractivity contribution >= 4 is 23.7 Å². The van der Waals surface area contributed by atoms with Gasteiger partial charge < -0.3 is 5.32 Å². The molecule has 2 aliphatic rings. The van der Waals surface area contributed by atoms with Crippen LogP contribution in [0.25, 0.3) is 5.69 Å². The first-order chi connectivity index (χ1) is 14.1. The Hall–Kier alpha value is -2.35. The van der Waals surface area contributed by atoms with E-state index in [-0.39, 0.29) is 17.7 Å². The number of imide groups is 1. The van der Waals surface area contributed by atoms with E-state index in [1.165, 1.54) is 18.2 Å². The van der Waals surface area contributed by atoms with Crippen molar-refractivity contribution in [3.63, 3.8) is 0 Å². The maximum Gasteiger partial charge on any atom is 0.321 e. The molecule has 4 rings (SSSR count). The summed E-state index contributed by atoms with van der Waals surface area (Å²) in [7, 11) is 0. The van der Waals surface area contributed by atoms with Gasteiger partial charge in [-0.1, -0.05) is 49.7 Å². The van der Waals surface area contributed by atoms with Gasteiger partial charge in [0, 0.05) is 12.0 Å². The number of hydrogen-bond acceptors (Lipinski definition) is 5. The van der Waals surface area contributed by atoms with E-state index < -0.39 is 6.03 Å². The Labute approximate surface area is 175 Å². The average molecular weight is 414 g/mol. The Bertz CT molecular complexity index is 865. The third-order valence-corrected chi connectivity index (χ3v) is 6.41. The summed E-state index contributed by atoms with van der Waals surface area (Å²) in [5.41, 5.74) is 0.971. The van der Waals surface area contributed by atoms with E-state index in [4.69, 9.17) is 0 Å². The number of thioether (sulfide) groups is 1. The number of nitrogens with zero attached hydrogens (tertiary/aromatic N) is 3. The van der Waals surface area contributed by atoms with Gasteiger partial charge in [-0.3, -0.25) is 10.1 Å². The molecule has 0 spiro atoms. The average Bonchev–Trinajstić information content (AvgIpc) is 3.48. The number of hydrogen-bond donors (Lipinski definition) is 2. The van der Waals surface area contributed by atoms with Gasteiger partial charge in [0.2, 0.25) is 11.1 Å². The summed E-state index contributed by atoms with van der Waals surface area (Å²) in [5, 5.41) is 10.5. The molecule has 1 heterocycles. The molecule has 0 bridgehead atoms. The van der Waals surface area contributed by atoms with Crippen molar-refractivity contribution in [2.75, 3.05) is 5.75 Å². The number of carbonyl (C=O) groups excluding carboxylic acids is 2. The summed E-state index contributed by atoms with van der Waals surface area (Å²) >= 11 is 1.26. The van der Waals surface area contributed by atoms with Crippen molar-refractivity contribution in [3.05, 3.63) is 36.2 Å². The van der Waals surface area contributed by atoms with Gasteiger partial charge in [0.15, 0.2) is 0 Å². The van der Waals surface area contributed by atoms with Crippen LogP contribution in [-0.4, -0.2) is 38.5 Å². The predicted octanol–water partition coefficient (Wildman–Crippen LogP) is 3.64. The van der Waals surface area contributed by atoms with E-state index in [0.717, 1.165) is 43.6 Å². The van der Waals surface area contributed by atoms with Crippen molar-refractivity contribution in [2.24, 2.45) is 5.92 Å². The van der Waals surface area contributed by atoms with Crippen molar-refractivity contribution in [3.8, 4) is 5.69 Å². The monoisotopic (exact) mass is 413 g/mol. The maximum atomic E-state index is 12.2. The Morgan fingerprint density at radius 3 is 2.62 bits per heavy atom. The highest BCUT2D eigenvalue weighted by molar-refractivity contribution is 7.99. The Morgan fingerprint density at radius 1 is 1.14 bits per heavy atom. The molecular weight excluding hydrogens is 386 g/mol. The molecule has 0 saturated heterocycles. The normalized spacial score (nSPS) is 21.6. The molecule has 1 aromatic heterocycles. The lowest BCUT2D eigenvalue weighted by atomic mass is 9.86. The highest BCUT2D eigenvalue weighted by atomic mass is 32.2. The number of aromatic nitrogens is 3.